The van der Waals surface area contributed by atoms with Gasteiger partial charge in [-0.25, -0.2) is 0 Å². The summed E-state index contributed by atoms with van der Waals surface area (Å²) < 4.78 is 5.78. The highest BCUT2D eigenvalue weighted by molar-refractivity contribution is 5.27. The van der Waals surface area contributed by atoms with Gasteiger partial charge in [0.05, 0.1) is 6.10 Å². The van der Waals surface area contributed by atoms with Crippen molar-refractivity contribution in [3.63, 3.8) is 0 Å². The third-order valence-corrected chi connectivity index (χ3v) is 3.61. The van der Waals surface area contributed by atoms with Crippen LogP contribution in [0.5, 0.6) is 5.75 Å². The van der Waals surface area contributed by atoms with E-state index in [4.69, 9.17) is 4.74 Å². The molecule has 2 aromatic rings. The number of rotatable bonds is 7. The summed E-state index contributed by atoms with van der Waals surface area (Å²) in [4.78, 5) is 0. The molecule has 2 heteroatoms. The Morgan fingerprint density at radius 3 is 1.95 bits per heavy atom. The van der Waals surface area contributed by atoms with Gasteiger partial charge in [0.2, 0.25) is 0 Å². The summed E-state index contributed by atoms with van der Waals surface area (Å²) in [6.45, 7) is 8.11. The molecule has 1 unspecified atom stereocenters. The molecule has 1 N–H and O–H groups in total. The first-order valence-electron chi connectivity index (χ1n) is 7.69. The van der Waals surface area contributed by atoms with Crippen LogP contribution in [0, 0.1) is 6.92 Å². The summed E-state index contributed by atoms with van der Waals surface area (Å²) in [5.74, 6) is 0.951. The zero-order chi connectivity index (χ0) is 15.1. The van der Waals surface area contributed by atoms with Gasteiger partial charge in [0.25, 0.3) is 0 Å². The fourth-order valence-corrected chi connectivity index (χ4v) is 2.06. The van der Waals surface area contributed by atoms with E-state index in [1.807, 2.05) is 0 Å². The van der Waals surface area contributed by atoms with Gasteiger partial charge in [-0.05, 0) is 43.5 Å². The van der Waals surface area contributed by atoms with E-state index in [9.17, 15) is 0 Å². The van der Waals surface area contributed by atoms with Crippen LogP contribution in [0.2, 0.25) is 0 Å². The van der Waals surface area contributed by atoms with E-state index in [0.717, 1.165) is 25.3 Å². The van der Waals surface area contributed by atoms with Gasteiger partial charge in [0, 0.05) is 13.1 Å². The average Bonchev–Trinajstić information content (AvgIpc) is 2.51. The normalized spacial score (nSPS) is 12.1. The molecule has 0 aliphatic carbocycles. The van der Waals surface area contributed by atoms with Crippen LogP contribution in [-0.2, 0) is 13.1 Å². The van der Waals surface area contributed by atoms with Crippen molar-refractivity contribution < 1.29 is 4.74 Å². The summed E-state index contributed by atoms with van der Waals surface area (Å²) in [5, 5.41) is 3.47. The number of hydrogen-bond donors (Lipinski definition) is 1. The Kier molecular flexibility index (Phi) is 5.82. The molecule has 0 aliphatic heterocycles. The molecule has 0 saturated carbocycles. The van der Waals surface area contributed by atoms with Gasteiger partial charge in [-0.15, -0.1) is 0 Å². The number of ether oxygens (including phenoxy) is 1. The molecule has 0 radical (unpaired) electrons. The van der Waals surface area contributed by atoms with Crippen molar-refractivity contribution in [3.05, 3.63) is 65.2 Å². The van der Waals surface area contributed by atoms with Crippen LogP contribution in [0.3, 0.4) is 0 Å². The van der Waals surface area contributed by atoms with Crippen LogP contribution in [-0.4, -0.2) is 6.10 Å². The molecule has 0 aromatic heterocycles. The molecule has 112 valence electrons. The monoisotopic (exact) mass is 283 g/mol. The molecule has 1 atom stereocenters. The molecule has 2 rings (SSSR count). The Morgan fingerprint density at radius 1 is 0.905 bits per heavy atom. The maximum atomic E-state index is 5.78. The molecule has 2 aromatic carbocycles. The van der Waals surface area contributed by atoms with Gasteiger partial charge >= 0.3 is 0 Å². The minimum atomic E-state index is 0.274. The zero-order valence-corrected chi connectivity index (χ0v) is 13.2. The number of nitrogens with one attached hydrogen (secondary N) is 1. The van der Waals surface area contributed by atoms with Crippen LogP contribution in [0.15, 0.2) is 48.5 Å². The van der Waals surface area contributed by atoms with Gasteiger partial charge in [0.1, 0.15) is 5.75 Å². The van der Waals surface area contributed by atoms with E-state index in [1.54, 1.807) is 0 Å². The minimum absolute atomic E-state index is 0.274. The zero-order valence-electron chi connectivity index (χ0n) is 13.2. The molecule has 21 heavy (non-hydrogen) atoms. The second kappa shape index (κ2) is 7.84. The fourth-order valence-electron chi connectivity index (χ4n) is 2.06. The smallest absolute Gasteiger partial charge is 0.119 e. The lowest BCUT2D eigenvalue weighted by molar-refractivity contribution is 0.217. The molecular formula is C19H25NO. The Balaban J connectivity index is 1.79. The Morgan fingerprint density at radius 2 is 1.43 bits per heavy atom. The summed E-state index contributed by atoms with van der Waals surface area (Å²) >= 11 is 0. The van der Waals surface area contributed by atoms with Crippen molar-refractivity contribution in [1.29, 1.82) is 0 Å². The Labute approximate surface area is 128 Å². The predicted molar refractivity (Wildman–Crippen MR) is 88.5 cm³/mol. The first-order valence-corrected chi connectivity index (χ1v) is 7.69. The molecule has 0 aliphatic rings. The maximum Gasteiger partial charge on any atom is 0.119 e. The third-order valence-electron chi connectivity index (χ3n) is 3.61. The van der Waals surface area contributed by atoms with E-state index in [2.05, 4.69) is 74.6 Å². The van der Waals surface area contributed by atoms with Crippen molar-refractivity contribution in [2.24, 2.45) is 0 Å². The lowest BCUT2D eigenvalue weighted by Crippen LogP contribution is -2.13. The Bertz CT molecular complexity index is 530. The van der Waals surface area contributed by atoms with E-state index in [1.165, 1.54) is 16.7 Å². The summed E-state index contributed by atoms with van der Waals surface area (Å²) in [6, 6.07) is 17.0. The summed E-state index contributed by atoms with van der Waals surface area (Å²) in [7, 11) is 0. The van der Waals surface area contributed by atoms with Crippen molar-refractivity contribution in [1.82, 2.24) is 5.32 Å². The third kappa shape index (κ3) is 5.24. The first-order chi connectivity index (χ1) is 10.2. The molecule has 0 amide bonds. The lowest BCUT2D eigenvalue weighted by atomic mass is 10.1. The molecule has 0 bridgehead atoms. The second-order valence-electron chi connectivity index (χ2n) is 5.57. The van der Waals surface area contributed by atoms with E-state index >= 15 is 0 Å². The molecule has 0 spiro atoms. The van der Waals surface area contributed by atoms with E-state index in [-0.39, 0.29) is 6.10 Å². The molecule has 2 nitrogen and oxygen atoms in total. The van der Waals surface area contributed by atoms with Crippen molar-refractivity contribution in [2.45, 2.75) is 46.4 Å². The van der Waals surface area contributed by atoms with Crippen LogP contribution >= 0.6 is 0 Å². The standard InChI is InChI=1S/C19H25NO/c1-4-16(3)21-19-11-9-18(10-12-19)14-20-13-17-7-5-15(2)6-8-17/h5-12,16,20H,4,13-14H2,1-3H3. The molecule has 0 fully saturated rings. The predicted octanol–water partition coefficient (Wildman–Crippen LogP) is 4.46. The average molecular weight is 283 g/mol. The number of benzene rings is 2. The largest absolute Gasteiger partial charge is 0.491 e. The van der Waals surface area contributed by atoms with E-state index in [0.29, 0.717) is 0 Å². The topological polar surface area (TPSA) is 21.3 Å². The highest BCUT2D eigenvalue weighted by Gasteiger charge is 2.01. The van der Waals surface area contributed by atoms with Crippen LogP contribution in [0.1, 0.15) is 37.0 Å². The van der Waals surface area contributed by atoms with Gasteiger partial charge in [-0.3, -0.25) is 0 Å². The van der Waals surface area contributed by atoms with Crippen molar-refractivity contribution in [3.8, 4) is 5.75 Å². The minimum Gasteiger partial charge on any atom is -0.491 e. The molecular weight excluding hydrogens is 258 g/mol. The van der Waals surface area contributed by atoms with Gasteiger partial charge in [0.15, 0.2) is 0 Å². The fraction of sp³-hybridized carbons (Fsp3) is 0.368. The maximum absolute atomic E-state index is 5.78. The van der Waals surface area contributed by atoms with Crippen LogP contribution in [0.25, 0.3) is 0 Å². The highest BCUT2D eigenvalue weighted by atomic mass is 16.5. The first kappa shape index (κ1) is 15.6. The van der Waals surface area contributed by atoms with Crippen LogP contribution < -0.4 is 10.1 Å². The molecule has 0 heterocycles. The summed E-state index contributed by atoms with van der Waals surface area (Å²) in [5.41, 5.74) is 3.89. The van der Waals surface area contributed by atoms with Crippen LogP contribution in [0.4, 0.5) is 0 Å². The van der Waals surface area contributed by atoms with Gasteiger partial charge in [-0.2, -0.15) is 0 Å². The van der Waals surface area contributed by atoms with Gasteiger partial charge in [-0.1, -0.05) is 48.9 Å². The van der Waals surface area contributed by atoms with E-state index < -0.39 is 0 Å². The number of aryl methyl sites for hydroxylation is 1. The SMILES string of the molecule is CCC(C)Oc1ccc(CNCc2ccc(C)cc2)cc1. The highest BCUT2D eigenvalue weighted by Crippen LogP contribution is 2.15. The second-order valence-corrected chi connectivity index (χ2v) is 5.57. The number of hydrogen-bond acceptors (Lipinski definition) is 2. The quantitative estimate of drug-likeness (QED) is 0.810. The van der Waals surface area contributed by atoms with Crippen molar-refractivity contribution >= 4 is 0 Å². The van der Waals surface area contributed by atoms with Crippen molar-refractivity contribution in [2.75, 3.05) is 0 Å². The van der Waals surface area contributed by atoms with Gasteiger partial charge < -0.3 is 10.1 Å². The molecule has 0 saturated heterocycles. The Hall–Kier alpha value is -1.80. The summed E-state index contributed by atoms with van der Waals surface area (Å²) in [6.07, 6.45) is 1.30. The lowest BCUT2D eigenvalue weighted by Gasteiger charge is -2.13.